The molecule has 2 heterocycles. The minimum atomic E-state index is -0.251. The monoisotopic (exact) mass is 510 g/mol. The Kier molecular flexibility index (Phi) is 9.55. The van der Waals surface area contributed by atoms with Gasteiger partial charge in [0.15, 0.2) is 5.96 Å². The molecule has 2 fully saturated rings. The Morgan fingerprint density at radius 3 is 2.74 bits per heavy atom. The Labute approximate surface area is 183 Å². The van der Waals surface area contributed by atoms with E-state index in [1.165, 1.54) is 6.07 Å². The summed E-state index contributed by atoms with van der Waals surface area (Å²) in [7, 11) is 1.74. The van der Waals surface area contributed by atoms with Crippen LogP contribution in [0.1, 0.15) is 37.3 Å². The molecule has 2 aliphatic rings. The van der Waals surface area contributed by atoms with Crippen LogP contribution in [0.15, 0.2) is 23.2 Å². The Bertz CT molecular complexity index is 601. The molecule has 0 amide bonds. The van der Waals surface area contributed by atoms with Gasteiger partial charge in [-0.05, 0) is 50.9 Å². The summed E-state index contributed by atoms with van der Waals surface area (Å²) in [6, 6.07) is 4.77. The van der Waals surface area contributed by atoms with Gasteiger partial charge in [0.05, 0.1) is 12.1 Å². The van der Waals surface area contributed by atoms with E-state index in [1.54, 1.807) is 19.2 Å². The van der Waals surface area contributed by atoms with E-state index in [4.69, 9.17) is 16.3 Å². The molecule has 0 aliphatic carbocycles. The highest BCUT2D eigenvalue weighted by Crippen LogP contribution is 2.31. The van der Waals surface area contributed by atoms with Crippen LogP contribution >= 0.6 is 35.6 Å². The molecule has 2 atom stereocenters. The van der Waals surface area contributed by atoms with E-state index in [9.17, 15) is 4.39 Å². The summed E-state index contributed by atoms with van der Waals surface area (Å²) in [6.07, 6.45) is 4.69. The summed E-state index contributed by atoms with van der Waals surface area (Å²) < 4.78 is 20.1. The van der Waals surface area contributed by atoms with Crippen molar-refractivity contribution in [1.29, 1.82) is 0 Å². The van der Waals surface area contributed by atoms with E-state index >= 15 is 0 Å². The van der Waals surface area contributed by atoms with Crippen LogP contribution in [0.3, 0.4) is 0 Å². The lowest BCUT2D eigenvalue weighted by Gasteiger charge is -2.30. The molecule has 3 rings (SSSR count). The molecule has 27 heavy (non-hydrogen) atoms. The molecule has 0 bridgehead atoms. The van der Waals surface area contributed by atoms with Gasteiger partial charge in [0.1, 0.15) is 5.82 Å². The number of benzene rings is 1. The van der Waals surface area contributed by atoms with Crippen molar-refractivity contribution in [2.24, 2.45) is 4.99 Å². The van der Waals surface area contributed by atoms with Crippen molar-refractivity contribution in [3.63, 3.8) is 0 Å². The van der Waals surface area contributed by atoms with Crippen molar-refractivity contribution < 1.29 is 9.13 Å². The molecular formula is C19H29ClFIN4O. The molecule has 0 saturated carbocycles. The van der Waals surface area contributed by atoms with Crippen molar-refractivity contribution in [3.05, 3.63) is 34.6 Å². The zero-order valence-corrected chi connectivity index (χ0v) is 18.8. The van der Waals surface area contributed by atoms with Crippen molar-refractivity contribution in [3.8, 4) is 0 Å². The highest BCUT2D eigenvalue weighted by molar-refractivity contribution is 14.0. The SMILES string of the molecule is CN=C(NCC1CCCO1)NCC(c1c(F)cccc1Cl)N1CCCC1.I. The Morgan fingerprint density at radius 2 is 2.11 bits per heavy atom. The molecule has 152 valence electrons. The molecule has 0 aromatic heterocycles. The fraction of sp³-hybridized carbons (Fsp3) is 0.632. The Morgan fingerprint density at radius 1 is 1.33 bits per heavy atom. The second kappa shape index (κ2) is 11.4. The molecule has 1 aromatic carbocycles. The highest BCUT2D eigenvalue weighted by Gasteiger charge is 2.28. The fourth-order valence-corrected chi connectivity index (χ4v) is 4.01. The maximum Gasteiger partial charge on any atom is 0.191 e. The van der Waals surface area contributed by atoms with Crippen LogP contribution in [0.25, 0.3) is 0 Å². The number of hydrogen-bond donors (Lipinski definition) is 2. The van der Waals surface area contributed by atoms with E-state index in [0.717, 1.165) is 51.9 Å². The minimum Gasteiger partial charge on any atom is -0.376 e. The van der Waals surface area contributed by atoms with Crippen LogP contribution in [0.4, 0.5) is 4.39 Å². The Hall–Kier alpha value is -0.640. The van der Waals surface area contributed by atoms with E-state index in [1.807, 2.05) is 0 Å². The number of halogens is 3. The van der Waals surface area contributed by atoms with Gasteiger partial charge in [0, 0.05) is 37.3 Å². The quantitative estimate of drug-likeness (QED) is 0.349. The summed E-state index contributed by atoms with van der Waals surface area (Å²) in [5, 5.41) is 7.12. The van der Waals surface area contributed by atoms with E-state index in [2.05, 4.69) is 20.5 Å². The first kappa shape index (κ1) is 22.6. The van der Waals surface area contributed by atoms with Crippen LogP contribution in [0.5, 0.6) is 0 Å². The van der Waals surface area contributed by atoms with Gasteiger partial charge in [-0.15, -0.1) is 24.0 Å². The largest absolute Gasteiger partial charge is 0.376 e. The zero-order chi connectivity index (χ0) is 18.4. The first-order valence-electron chi connectivity index (χ1n) is 9.43. The van der Waals surface area contributed by atoms with Crippen LogP contribution in [0, 0.1) is 5.82 Å². The van der Waals surface area contributed by atoms with Crippen LogP contribution in [0.2, 0.25) is 5.02 Å². The lowest BCUT2D eigenvalue weighted by molar-refractivity contribution is 0.113. The summed E-state index contributed by atoms with van der Waals surface area (Å²) >= 11 is 6.34. The Balaban J connectivity index is 0.00000261. The van der Waals surface area contributed by atoms with Crippen molar-refractivity contribution >= 4 is 41.5 Å². The predicted octanol–water partition coefficient (Wildman–Crippen LogP) is 3.58. The number of ether oxygens (including phenoxy) is 1. The zero-order valence-electron chi connectivity index (χ0n) is 15.7. The third kappa shape index (κ3) is 6.17. The summed E-state index contributed by atoms with van der Waals surface area (Å²) in [5.74, 6) is 0.454. The second-order valence-corrected chi connectivity index (χ2v) is 7.27. The molecule has 2 unspecified atom stereocenters. The number of nitrogens with zero attached hydrogens (tertiary/aromatic N) is 2. The van der Waals surface area contributed by atoms with Gasteiger partial charge in [-0.2, -0.15) is 0 Å². The molecule has 5 nitrogen and oxygen atoms in total. The van der Waals surface area contributed by atoms with Gasteiger partial charge in [-0.25, -0.2) is 4.39 Å². The van der Waals surface area contributed by atoms with Gasteiger partial charge < -0.3 is 15.4 Å². The third-order valence-corrected chi connectivity index (χ3v) is 5.45. The van der Waals surface area contributed by atoms with Crippen LogP contribution in [-0.4, -0.2) is 56.8 Å². The van der Waals surface area contributed by atoms with E-state index < -0.39 is 0 Å². The molecule has 0 spiro atoms. The van der Waals surface area contributed by atoms with Gasteiger partial charge >= 0.3 is 0 Å². The maximum absolute atomic E-state index is 14.5. The molecule has 8 heteroatoms. The number of aliphatic imine (C=N–C) groups is 1. The number of nitrogens with one attached hydrogen (secondary N) is 2. The van der Waals surface area contributed by atoms with Crippen LogP contribution < -0.4 is 10.6 Å². The van der Waals surface area contributed by atoms with E-state index in [0.29, 0.717) is 23.1 Å². The van der Waals surface area contributed by atoms with E-state index in [-0.39, 0.29) is 41.9 Å². The van der Waals surface area contributed by atoms with Gasteiger partial charge in [-0.1, -0.05) is 17.7 Å². The first-order chi connectivity index (χ1) is 12.7. The molecule has 2 N–H and O–H groups in total. The summed E-state index contributed by atoms with van der Waals surface area (Å²) in [5.41, 5.74) is 0.568. The van der Waals surface area contributed by atoms with Gasteiger partial charge in [0.25, 0.3) is 0 Å². The van der Waals surface area contributed by atoms with Crippen LogP contribution in [-0.2, 0) is 4.74 Å². The molecule has 1 aromatic rings. The number of hydrogen-bond acceptors (Lipinski definition) is 3. The van der Waals surface area contributed by atoms with Gasteiger partial charge in [-0.3, -0.25) is 9.89 Å². The minimum absolute atomic E-state index is 0. The fourth-order valence-electron chi connectivity index (χ4n) is 3.73. The smallest absolute Gasteiger partial charge is 0.191 e. The van der Waals surface area contributed by atoms with Crippen molar-refractivity contribution in [1.82, 2.24) is 15.5 Å². The topological polar surface area (TPSA) is 48.9 Å². The average molecular weight is 511 g/mol. The second-order valence-electron chi connectivity index (χ2n) is 6.86. The molecule has 2 aliphatic heterocycles. The standard InChI is InChI=1S/C19H28ClFN4O.HI/c1-22-19(23-12-14-6-5-11-26-14)24-13-17(25-9-2-3-10-25)18-15(20)7-4-8-16(18)21;/h4,7-8,14,17H,2-3,5-6,9-13H2,1H3,(H2,22,23,24);1H. The van der Waals surface area contributed by atoms with Gasteiger partial charge in [0.2, 0.25) is 0 Å². The molecular weight excluding hydrogens is 482 g/mol. The lowest BCUT2D eigenvalue weighted by Crippen LogP contribution is -2.44. The predicted molar refractivity (Wildman–Crippen MR) is 119 cm³/mol. The lowest BCUT2D eigenvalue weighted by atomic mass is 10.0. The third-order valence-electron chi connectivity index (χ3n) is 5.12. The number of guanidine groups is 1. The number of rotatable bonds is 6. The van der Waals surface area contributed by atoms with Crippen molar-refractivity contribution in [2.75, 3.05) is 39.8 Å². The highest BCUT2D eigenvalue weighted by atomic mass is 127. The van der Waals surface area contributed by atoms with Crippen molar-refractivity contribution in [2.45, 2.75) is 37.8 Å². The average Bonchev–Trinajstić information content (AvgIpc) is 3.33. The first-order valence-corrected chi connectivity index (χ1v) is 9.81. The maximum atomic E-state index is 14.5. The summed E-state index contributed by atoms with van der Waals surface area (Å²) in [6.45, 7) is 4.03. The number of likely N-dealkylation sites (tertiary alicyclic amines) is 1. The normalized spacial score (nSPS) is 21.7. The molecule has 0 radical (unpaired) electrons. The molecule has 2 saturated heterocycles. The summed E-state index contributed by atoms with van der Waals surface area (Å²) in [4.78, 5) is 6.58.